The molecule has 0 aromatic carbocycles. The molecule has 0 amide bonds. The van der Waals surface area contributed by atoms with E-state index in [4.69, 9.17) is 10.6 Å². The zero-order valence-corrected chi connectivity index (χ0v) is 7.33. The van der Waals surface area contributed by atoms with Crippen molar-refractivity contribution in [2.45, 2.75) is 26.3 Å². The molecule has 5 heteroatoms. The summed E-state index contributed by atoms with van der Waals surface area (Å²) in [6.07, 6.45) is -0.234. The highest BCUT2D eigenvalue weighted by Crippen LogP contribution is 2.13. The highest BCUT2D eigenvalue weighted by Gasteiger charge is 2.37. The Bertz CT molecular complexity index is 172. The van der Waals surface area contributed by atoms with Gasteiger partial charge < -0.3 is 4.74 Å². The van der Waals surface area contributed by atoms with Gasteiger partial charge in [0.05, 0.1) is 6.54 Å². The van der Waals surface area contributed by atoms with E-state index in [1.807, 2.05) is 13.8 Å². The van der Waals surface area contributed by atoms with Crippen molar-refractivity contribution < 1.29 is 9.53 Å². The molecule has 1 rings (SSSR count). The van der Waals surface area contributed by atoms with Crippen molar-refractivity contribution in [1.29, 1.82) is 0 Å². The maximum Gasteiger partial charge on any atom is 0.162 e. The number of hydrazine groups is 1. The van der Waals surface area contributed by atoms with E-state index < -0.39 is 0 Å². The Kier molecular flexibility index (Phi) is 3.16. The molecule has 70 valence electrons. The number of carbonyl (C=O) groups excluding carboxylic acids is 1. The molecule has 2 atom stereocenters. The molecule has 0 bridgehead atoms. The van der Waals surface area contributed by atoms with E-state index in [2.05, 4.69) is 10.7 Å². The number of Topliss-reactive ketones (excluding diaryl/α,β-unsaturated/α-hetero) is 1. The van der Waals surface area contributed by atoms with Gasteiger partial charge in [-0.2, -0.15) is 0 Å². The number of ether oxygens (including phenoxy) is 1. The van der Waals surface area contributed by atoms with Crippen LogP contribution in [0.25, 0.3) is 0 Å². The molecule has 0 spiro atoms. The van der Waals surface area contributed by atoms with Crippen molar-refractivity contribution in [3.05, 3.63) is 0 Å². The van der Waals surface area contributed by atoms with Crippen molar-refractivity contribution in [2.24, 2.45) is 11.8 Å². The third-order valence-electron chi connectivity index (χ3n) is 1.78. The van der Waals surface area contributed by atoms with E-state index >= 15 is 0 Å². The fraction of sp³-hybridized carbons (Fsp3) is 0.857. The van der Waals surface area contributed by atoms with E-state index in [-0.39, 0.29) is 24.2 Å². The van der Waals surface area contributed by atoms with E-state index in [0.29, 0.717) is 6.54 Å². The Hall–Kier alpha value is -0.490. The Morgan fingerprint density at radius 1 is 1.58 bits per heavy atom. The van der Waals surface area contributed by atoms with E-state index in [1.165, 1.54) is 0 Å². The molecule has 2 unspecified atom stereocenters. The number of rotatable bonds is 5. The van der Waals surface area contributed by atoms with Gasteiger partial charge in [-0.15, -0.1) is 0 Å². The molecule has 0 aromatic rings. The van der Waals surface area contributed by atoms with Crippen molar-refractivity contribution in [3.63, 3.8) is 0 Å². The van der Waals surface area contributed by atoms with Crippen LogP contribution < -0.4 is 16.6 Å². The number of nitrogens with two attached hydrogens (primary N) is 1. The lowest BCUT2D eigenvalue weighted by molar-refractivity contribution is -0.121. The second kappa shape index (κ2) is 3.95. The smallest absolute Gasteiger partial charge is 0.162 e. The summed E-state index contributed by atoms with van der Waals surface area (Å²) < 4.78 is 5.00. The van der Waals surface area contributed by atoms with Crippen LogP contribution >= 0.6 is 0 Å². The van der Waals surface area contributed by atoms with Gasteiger partial charge in [0.15, 0.2) is 12.5 Å². The summed E-state index contributed by atoms with van der Waals surface area (Å²) in [7, 11) is 0. The Balaban J connectivity index is 2.07. The largest absolute Gasteiger partial charge is 0.335 e. The van der Waals surface area contributed by atoms with Crippen LogP contribution in [0.4, 0.5) is 0 Å². The van der Waals surface area contributed by atoms with Crippen LogP contribution in [0.1, 0.15) is 13.8 Å². The SMILES string of the molecule is CC(C)C(=O)CNC1OC1NN. The quantitative estimate of drug-likeness (QED) is 0.281. The van der Waals surface area contributed by atoms with Crippen molar-refractivity contribution in [3.8, 4) is 0 Å². The number of nitrogens with one attached hydrogen (secondary N) is 2. The highest BCUT2D eigenvalue weighted by molar-refractivity contribution is 5.82. The highest BCUT2D eigenvalue weighted by atomic mass is 16.6. The number of hydrogen-bond acceptors (Lipinski definition) is 5. The fourth-order valence-corrected chi connectivity index (χ4v) is 0.800. The lowest BCUT2D eigenvalue weighted by Crippen LogP contribution is -2.35. The van der Waals surface area contributed by atoms with Crippen LogP contribution in [-0.4, -0.2) is 24.8 Å². The molecule has 1 saturated heterocycles. The van der Waals surface area contributed by atoms with Gasteiger partial charge in [0, 0.05) is 5.92 Å². The van der Waals surface area contributed by atoms with Gasteiger partial charge in [-0.1, -0.05) is 13.8 Å². The third kappa shape index (κ3) is 2.53. The molecule has 1 aliphatic rings. The van der Waals surface area contributed by atoms with E-state index in [0.717, 1.165) is 0 Å². The maximum absolute atomic E-state index is 11.1. The molecule has 5 nitrogen and oxygen atoms in total. The lowest BCUT2D eigenvalue weighted by atomic mass is 10.1. The van der Waals surface area contributed by atoms with Crippen LogP contribution in [0, 0.1) is 5.92 Å². The molecule has 1 heterocycles. The van der Waals surface area contributed by atoms with Crippen molar-refractivity contribution in [2.75, 3.05) is 6.54 Å². The predicted molar refractivity (Wildman–Crippen MR) is 43.8 cm³/mol. The summed E-state index contributed by atoms with van der Waals surface area (Å²) in [5, 5.41) is 2.92. The first kappa shape index (κ1) is 9.60. The van der Waals surface area contributed by atoms with Gasteiger partial charge in [0.2, 0.25) is 0 Å². The fourth-order valence-electron chi connectivity index (χ4n) is 0.800. The summed E-state index contributed by atoms with van der Waals surface area (Å²) in [4.78, 5) is 11.1. The van der Waals surface area contributed by atoms with Crippen LogP contribution in [0.3, 0.4) is 0 Å². The summed E-state index contributed by atoms with van der Waals surface area (Å²) in [6.45, 7) is 4.09. The van der Waals surface area contributed by atoms with E-state index in [9.17, 15) is 4.79 Å². The van der Waals surface area contributed by atoms with Crippen LogP contribution in [0.2, 0.25) is 0 Å². The average Bonchev–Trinajstić information content (AvgIpc) is 2.78. The minimum Gasteiger partial charge on any atom is -0.335 e. The molecule has 0 saturated carbocycles. The second-order valence-corrected chi connectivity index (χ2v) is 3.15. The first-order chi connectivity index (χ1) is 5.65. The van der Waals surface area contributed by atoms with Crippen LogP contribution in [-0.2, 0) is 9.53 Å². The summed E-state index contributed by atoms with van der Waals surface area (Å²) in [5.41, 5.74) is 2.45. The maximum atomic E-state index is 11.1. The van der Waals surface area contributed by atoms with Crippen molar-refractivity contribution in [1.82, 2.24) is 10.7 Å². The van der Waals surface area contributed by atoms with Crippen LogP contribution in [0.5, 0.6) is 0 Å². The minimum absolute atomic E-state index is 0.0699. The van der Waals surface area contributed by atoms with Gasteiger partial charge in [0.1, 0.15) is 5.78 Å². The molecule has 0 aromatic heterocycles. The van der Waals surface area contributed by atoms with E-state index in [1.54, 1.807) is 0 Å². The summed E-state index contributed by atoms with van der Waals surface area (Å²) in [6, 6.07) is 0. The van der Waals surface area contributed by atoms with Crippen molar-refractivity contribution >= 4 is 5.78 Å². The molecule has 1 fully saturated rings. The standard InChI is InChI=1S/C7H15N3O2/c1-4(2)5(11)3-9-6-7(10-8)12-6/h4,6-7,9-10H,3,8H2,1-2H3. The first-order valence-corrected chi connectivity index (χ1v) is 4.03. The second-order valence-electron chi connectivity index (χ2n) is 3.15. The first-order valence-electron chi connectivity index (χ1n) is 4.03. The Labute approximate surface area is 71.6 Å². The van der Waals surface area contributed by atoms with Gasteiger partial charge in [-0.05, 0) is 0 Å². The van der Waals surface area contributed by atoms with Crippen LogP contribution in [0.15, 0.2) is 0 Å². The number of carbonyl (C=O) groups is 1. The summed E-state index contributed by atoms with van der Waals surface area (Å²) in [5.74, 6) is 5.34. The lowest BCUT2D eigenvalue weighted by Gasteiger charge is -2.03. The Morgan fingerprint density at radius 3 is 2.67 bits per heavy atom. The molecule has 0 radical (unpaired) electrons. The topological polar surface area (TPSA) is 79.7 Å². The third-order valence-corrected chi connectivity index (χ3v) is 1.78. The molecular weight excluding hydrogens is 158 g/mol. The normalized spacial score (nSPS) is 27.7. The number of epoxide rings is 1. The number of hydrogen-bond donors (Lipinski definition) is 3. The number of ketones is 1. The Morgan fingerprint density at radius 2 is 2.25 bits per heavy atom. The molecule has 4 N–H and O–H groups in total. The van der Waals surface area contributed by atoms with Gasteiger partial charge in [0.25, 0.3) is 0 Å². The van der Waals surface area contributed by atoms with Gasteiger partial charge >= 0.3 is 0 Å². The zero-order valence-electron chi connectivity index (χ0n) is 7.33. The van der Waals surface area contributed by atoms with Gasteiger partial charge in [-0.3, -0.25) is 16.0 Å². The molecular formula is C7H15N3O2. The van der Waals surface area contributed by atoms with Gasteiger partial charge in [-0.25, -0.2) is 5.43 Å². The monoisotopic (exact) mass is 173 g/mol. The minimum atomic E-state index is -0.134. The molecule has 1 aliphatic heterocycles. The zero-order chi connectivity index (χ0) is 9.14. The average molecular weight is 173 g/mol. The molecule has 0 aliphatic carbocycles. The summed E-state index contributed by atoms with van der Waals surface area (Å²) >= 11 is 0. The molecule has 12 heavy (non-hydrogen) atoms. The predicted octanol–water partition coefficient (Wildman–Crippen LogP) is -1.05.